The van der Waals surface area contributed by atoms with Crippen molar-refractivity contribution in [2.75, 3.05) is 7.11 Å². The van der Waals surface area contributed by atoms with Gasteiger partial charge in [0.25, 0.3) is 0 Å². The van der Waals surface area contributed by atoms with Crippen molar-refractivity contribution in [3.63, 3.8) is 0 Å². The summed E-state index contributed by atoms with van der Waals surface area (Å²) in [6.07, 6.45) is 0.390. The standard InChI is InChI=1S/C14H20O5/c1-12(2)8-14(16,13(3,4)19-12)10-7-6-9(18-10)11(15)17-5/h6-7,16H,8H2,1-5H3. The lowest BCUT2D eigenvalue weighted by molar-refractivity contribution is -0.136. The predicted molar refractivity (Wildman–Crippen MR) is 67.8 cm³/mol. The normalized spacial score (nSPS) is 28.3. The molecule has 1 aromatic heterocycles. The Morgan fingerprint density at radius 2 is 1.95 bits per heavy atom. The molecular weight excluding hydrogens is 248 g/mol. The van der Waals surface area contributed by atoms with E-state index in [1.54, 1.807) is 6.07 Å². The number of furan rings is 1. The average molecular weight is 268 g/mol. The molecule has 2 heterocycles. The highest BCUT2D eigenvalue weighted by Gasteiger charge is 2.59. The maximum Gasteiger partial charge on any atom is 0.373 e. The molecule has 0 radical (unpaired) electrons. The minimum Gasteiger partial charge on any atom is -0.463 e. The fraction of sp³-hybridized carbons (Fsp3) is 0.643. The molecule has 0 amide bonds. The number of carbonyl (C=O) groups is 1. The van der Waals surface area contributed by atoms with Gasteiger partial charge in [-0.05, 0) is 39.8 Å². The first-order valence-electron chi connectivity index (χ1n) is 6.22. The summed E-state index contributed by atoms with van der Waals surface area (Å²) in [7, 11) is 1.28. The highest BCUT2D eigenvalue weighted by Crippen LogP contribution is 2.51. The highest BCUT2D eigenvalue weighted by atomic mass is 16.6. The minimum absolute atomic E-state index is 0.0754. The number of hydrogen-bond donors (Lipinski definition) is 1. The van der Waals surface area contributed by atoms with Gasteiger partial charge in [-0.2, -0.15) is 0 Å². The van der Waals surface area contributed by atoms with E-state index >= 15 is 0 Å². The maximum atomic E-state index is 11.4. The molecule has 0 aromatic carbocycles. The second kappa shape index (κ2) is 4.08. The first-order valence-corrected chi connectivity index (χ1v) is 6.22. The third-order valence-corrected chi connectivity index (χ3v) is 3.61. The fourth-order valence-electron chi connectivity index (χ4n) is 2.79. The molecule has 1 aliphatic heterocycles. The fourth-order valence-corrected chi connectivity index (χ4v) is 2.79. The van der Waals surface area contributed by atoms with Crippen LogP contribution in [0.5, 0.6) is 0 Å². The molecule has 1 unspecified atom stereocenters. The monoisotopic (exact) mass is 268 g/mol. The summed E-state index contributed by atoms with van der Waals surface area (Å²) < 4.78 is 15.9. The van der Waals surface area contributed by atoms with Crippen LogP contribution in [-0.2, 0) is 15.1 Å². The average Bonchev–Trinajstić information content (AvgIpc) is 2.80. The van der Waals surface area contributed by atoms with Gasteiger partial charge in [-0.1, -0.05) is 0 Å². The van der Waals surface area contributed by atoms with Gasteiger partial charge in [0.05, 0.1) is 18.3 Å². The number of aliphatic hydroxyl groups is 1. The lowest BCUT2D eigenvalue weighted by atomic mass is 9.80. The van der Waals surface area contributed by atoms with E-state index in [-0.39, 0.29) is 5.76 Å². The lowest BCUT2D eigenvalue weighted by Gasteiger charge is -2.33. The Morgan fingerprint density at radius 1 is 1.32 bits per heavy atom. The molecule has 1 saturated heterocycles. The van der Waals surface area contributed by atoms with E-state index in [2.05, 4.69) is 4.74 Å². The Bertz CT molecular complexity index is 500. The Balaban J connectivity index is 2.40. The molecule has 5 nitrogen and oxygen atoms in total. The molecule has 0 saturated carbocycles. The van der Waals surface area contributed by atoms with Gasteiger partial charge in [-0.25, -0.2) is 4.79 Å². The summed E-state index contributed by atoms with van der Waals surface area (Å²) in [6.45, 7) is 7.44. The molecule has 19 heavy (non-hydrogen) atoms. The summed E-state index contributed by atoms with van der Waals surface area (Å²) in [4.78, 5) is 11.4. The van der Waals surface area contributed by atoms with Crippen molar-refractivity contribution in [3.05, 3.63) is 23.7 Å². The Kier molecular flexibility index (Phi) is 3.03. The molecule has 1 atom stereocenters. The van der Waals surface area contributed by atoms with Crippen LogP contribution in [0.4, 0.5) is 0 Å². The summed E-state index contributed by atoms with van der Waals surface area (Å²) in [6, 6.07) is 3.10. The largest absolute Gasteiger partial charge is 0.463 e. The van der Waals surface area contributed by atoms with Gasteiger partial charge in [0.15, 0.2) is 5.60 Å². The van der Waals surface area contributed by atoms with Crippen molar-refractivity contribution in [1.29, 1.82) is 0 Å². The zero-order chi connectivity index (χ0) is 14.5. The van der Waals surface area contributed by atoms with Crippen LogP contribution in [0, 0.1) is 0 Å². The van der Waals surface area contributed by atoms with Crippen molar-refractivity contribution < 1.29 is 23.8 Å². The quantitative estimate of drug-likeness (QED) is 0.833. The second-order valence-corrected chi connectivity index (χ2v) is 6.06. The second-order valence-electron chi connectivity index (χ2n) is 6.06. The number of carbonyl (C=O) groups excluding carboxylic acids is 1. The van der Waals surface area contributed by atoms with Gasteiger partial charge >= 0.3 is 5.97 Å². The van der Waals surface area contributed by atoms with Crippen molar-refractivity contribution in [1.82, 2.24) is 0 Å². The number of esters is 1. The van der Waals surface area contributed by atoms with Crippen LogP contribution in [0.2, 0.25) is 0 Å². The van der Waals surface area contributed by atoms with Crippen LogP contribution in [-0.4, -0.2) is 29.4 Å². The third kappa shape index (κ3) is 2.17. The van der Waals surface area contributed by atoms with E-state index in [9.17, 15) is 9.90 Å². The zero-order valence-corrected chi connectivity index (χ0v) is 11.9. The smallest absolute Gasteiger partial charge is 0.373 e. The molecule has 1 fully saturated rings. The van der Waals surface area contributed by atoms with Crippen LogP contribution >= 0.6 is 0 Å². The first-order chi connectivity index (χ1) is 8.61. The number of hydrogen-bond acceptors (Lipinski definition) is 5. The van der Waals surface area contributed by atoms with Crippen LogP contribution in [0.1, 0.15) is 50.4 Å². The Labute approximate surface area is 112 Å². The van der Waals surface area contributed by atoms with Crippen molar-refractivity contribution in [3.8, 4) is 0 Å². The Morgan fingerprint density at radius 3 is 2.42 bits per heavy atom. The molecule has 1 aliphatic rings. The van der Waals surface area contributed by atoms with E-state index in [1.807, 2.05) is 27.7 Å². The molecule has 5 heteroatoms. The summed E-state index contributed by atoms with van der Waals surface area (Å²) in [5, 5.41) is 10.9. The molecule has 1 aromatic rings. The molecule has 1 N–H and O–H groups in total. The van der Waals surface area contributed by atoms with Crippen molar-refractivity contribution >= 4 is 5.97 Å². The van der Waals surface area contributed by atoms with Crippen LogP contribution in [0.15, 0.2) is 16.5 Å². The van der Waals surface area contributed by atoms with E-state index < -0.39 is 22.8 Å². The lowest BCUT2D eigenvalue weighted by Crippen LogP contribution is -2.43. The first kappa shape index (κ1) is 14.1. The van der Waals surface area contributed by atoms with Crippen LogP contribution in [0.3, 0.4) is 0 Å². The maximum absolute atomic E-state index is 11.4. The zero-order valence-electron chi connectivity index (χ0n) is 11.9. The highest BCUT2D eigenvalue weighted by molar-refractivity contribution is 5.86. The van der Waals surface area contributed by atoms with Gasteiger partial charge in [0.2, 0.25) is 5.76 Å². The summed E-state index contributed by atoms with van der Waals surface area (Å²) in [5.74, 6) is -0.166. The molecule has 106 valence electrons. The predicted octanol–water partition coefficient (Wildman–Crippen LogP) is 2.23. The van der Waals surface area contributed by atoms with E-state index in [0.717, 1.165) is 0 Å². The van der Waals surface area contributed by atoms with Gasteiger partial charge in [0, 0.05) is 6.42 Å². The molecule has 0 spiro atoms. The summed E-state index contributed by atoms with van der Waals surface area (Å²) in [5.41, 5.74) is -2.54. The molecule has 0 aliphatic carbocycles. The number of rotatable bonds is 2. The van der Waals surface area contributed by atoms with Gasteiger partial charge < -0.3 is 19.0 Å². The SMILES string of the molecule is COC(=O)c1ccc(C2(O)CC(C)(C)OC2(C)C)o1. The van der Waals surface area contributed by atoms with Crippen LogP contribution < -0.4 is 0 Å². The minimum atomic E-state index is -1.28. The van der Waals surface area contributed by atoms with Gasteiger partial charge in [0.1, 0.15) is 5.76 Å². The van der Waals surface area contributed by atoms with Crippen molar-refractivity contribution in [2.45, 2.75) is 50.9 Å². The van der Waals surface area contributed by atoms with Gasteiger partial charge in [-0.15, -0.1) is 0 Å². The molecular formula is C14H20O5. The van der Waals surface area contributed by atoms with E-state index in [4.69, 9.17) is 9.15 Å². The summed E-state index contributed by atoms with van der Waals surface area (Å²) >= 11 is 0. The number of methoxy groups -OCH3 is 1. The van der Waals surface area contributed by atoms with Crippen LogP contribution in [0.25, 0.3) is 0 Å². The van der Waals surface area contributed by atoms with Gasteiger partial charge in [-0.3, -0.25) is 0 Å². The molecule has 0 bridgehead atoms. The van der Waals surface area contributed by atoms with E-state index in [1.165, 1.54) is 13.2 Å². The van der Waals surface area contributed by atoms with Crippen molar-refractivity contribution in [2.24, 2.45) is 0 Å². The number of ether oxygens (including phenoxy) is 2. The van der Waals surface area contributed by atoms with E-state index in [0.29, 0.717) is 12.2 Å². The Hall–Kier alpha value is -1.33. The molecule has 2 rings (SSSR count). The third-order valence-electron chi connectivity index (χ3n) is 3.61. The topological polar surface area (TPSA) is 68.9 Å².